The summed E-state index contributed by atoms with van der Waals surface area (Å²) in [6.45, 7) is 5.58. The monoisotopic (exact) mass is 379 g/mol. The number of rotatable bonds is 11. The summed E-state index contributed by atoms with van der Waals surface area (Å²) < 4.78 is 21.6. The minimum atomic E-state index is 0.554. The first kappa shape index (κ1) is 21.3. The number of ether oxygens (including phenoxy) is 4. The molecule has 1 aliphatic heterocycles. The Morgan fingerprint density at radius 1 is 1.15 bits per heavy atom. The largest absolute Gasteiger partial charge is 0.497 e. The van der Waals surface area contributed by atoms with Crippen LogP contribution in [0, 0.1) is 5.92 Å². The van der Waals surface area contributed by atoms with E-state index < -0.39 is 0 Å². The van der Waals surface area contributed by atoms with Crippen molar-refractivity contribution in [1.29, 1.82) is 0 Å². The Bertz CT molecular complexity index is 551. The molecule has 0 bridgehead atoms. The van der Waals surface area contributed by atoms with E-state index in [-0.39, 0.29) is 0 Å². The highest BCUT2D eigenvalue weighted by Gasteiger charge is 2.24. The van der Waals surface area contributed by atoms with Gasteiger partial charge in [0.2, 0.25) is 0 Å². The van der Waals surface area contributed by atoms with Crippen LogP contribution < -0.4 is 14.8 Å². The van der Waals surface area contributed by atoms with Crippen LogP contribution in [0.1, 0.15) is 12.8 Å². The predicted molar refractivity (Wildman–Crippen MR) is 107 cm³/mol. The van der Waals surface area contributed by atoms with Gasteiger partial charge >= 0.3 is 0 Å². The molecule has 0 saturated carbocycles. The van der Waals surface area contributed by atoms with E-state index in [0.29, 0.717) is 25.7 Å². The lowest BCUT2D eigenvalue weighted by atomic mass is 10.1. The van der Waals surface area contributed by atoms with Crippen molar-refractivity contribution in [1.82, 2.24) is 10.2 Å². The first-order valence-corrected chi connectivity index (χ1v) is 9.56. The van der Waals surface area contributed by atoms with E-state index in [1.807, 2.05) is 31.3 Å². The number of guanidine groups is 1. The SMILES string of the molecule is CN=C(NCCCOc1ccc(OC)cc1)N1CCC(COCCOC)C1. The fraction of sp³-hybridized carbons (Fsp3) is 0.650. The van der Waals surface area contributed by atoms with Gasteiger partial charge in [-0.15, -0.1) is 0 Å². The summed E-state index contributed by atoms with van der Waals surface area (Å²) in [6, 6.07) is 7.64. The van der Waals surface area contributed by atoms with Crippen LogP contribution in [-0.4, -0.2) is 78.2 Å². The molecule has 0 amide bonds. The molecule has 1 aromatic carbocycles. The molecular formula is C20H33N3O4. The molecule has 1 heterocycles. The van der Waals surface area contributed by atoms with Crippen molar-refractivity contribution in [2.45, 2.75) is 12.8 Å². The maximum absolute atomic E-state index is 5.75. The second kappa shape index (κ2) is 12.4. The average molecular weight is 380 g/mol. The Hall–Kier alpha value is -1.99. The van der Waals surface area contributed by atoms with Gasteiger partial charge in [0.15, 0.2) is 5.96 Å². The molecule has 7 heteroatoms. The fourth-order valence-corrected chi connectivity index (χ4v) is 3.02. The van der Waals surface area contributed by atoms with Crippen molar-refractivity contribution in [2.75, 3.05) is 67.3 Å². The first-order chi connectivity index (χ1) is 13.3. The summed E-state index contributed by atoms with van der Waals surface area (Å²) in [6.07, 6.45) is 2.04. The molecular weight excluding hydrogens is 346 g/mol. The van der Waals surface area contributed by atoms with E-state index in [4.69, 9.17) is 18.9 Å². The van der Waals surface area contributed by atoms with Gasteiger partial charge in [-0.25, -0.2) is 0 Å². The predicted octanol–water partition coefficient (Wildman–Crippen LogP) is 2.02. The maximum Gasteiger partial charge on any atom is 0.193 e. The zero-order valence-electron chi connectivity index (χ0n) is 16.8. The van der Waals surface area contributed by atoms with Gasteiger partial charge in [-0.3, -0.25) is 4.99 Å². The molecule has 0 aliphatic carbocycles. The standard InChI is InChI=1S/C20H33N3O4/c1-21-20(23-11-9-17(15-23)16-26-14-13-24-2)22-10-4-12-27-19-7-5-18(25-3)6-8-19/h5-8,17H,4,9-16H2,1-3H3,(H,21,22). The van der Waals surface area contributed by atoms with Crippen LogP contribution >= 0.6 is 0 Å². The smallest absolute Gasteiger partial charge is 0.193 e. The molecule has 152 valence electrons. The van der Waals surface area contributed by atoms with Gasteiger partial charge in [0.05, 0.1) is 33.5 Å². The summed E-state index contributed by atoms with van der Waals surface area (Å²) in [5.41, 5.74) is 0. The third-order valence-corrected chi connectivity index (χ3v) is 4.51. The zero-order valence-corrected chi connectivity index (χ0v) is 16.8. The summed E-state index contributed by atoms with van der Waals surface area (Å²) in [5.74, 6) is 3.20. The summed E-state index contributed by atoms with van der Waals surface area (Å²) in [5, 5.41) is 3.43. The minimum absolute atomic E-state index is 0.554. The molecule has 1 atom stereocenters. The lowest BCUT2D eigenvalue weighted by Crippen LogP contribution is -2.40. The Morgan fingerprint density at radius 3 is 2.63 bits per heavy atom. The van der Waals surface area contributed by atoms with Gasteiger partial charge in [-0.2, -0.15) is 0 Å². The number of nitrogens with zero attached hydrogens (tertiary/aromatic N) is 2. The van der Waals surface area contributed by atoms with E-state index >= 15 is 0 Å². The average Bonchev–Trinajstić information content (AvgIpc) is 3.17. The van der Waals surface area contributed by atoms with Crippen molar-refractivity contribution in [3.8, 4) is 11.5 Å². The molecule has 2 rings (SSSR count). The van der Waals surface area contributed by atoms with Crippen LogP contribution in [0.5, 0.6) is 11.5 Å². The molecule has 0 spiro atoms. The Labute approximate surface area is 162 Å². The highest BCUT2D eigenvalue weighted by atomic mass is 16.5. The van der Waals surface area contributed by atoms with Crippen molar-refractivity contribution in [3.63, 3.8) is 0 Å². The second-order valence-corrected chi connectivity index (χ2v) is 6.52. The Morgan fingerprint density at radius 2 is 1.93 bits per heavy atom. The molecule has 1 aliphatic rings. The van der Waals surface area contributed by atoms with Crippen molar-refractivity contribution in [3.05, 3.63) is 24.3 Å². The Kier molecular flexibility index (Phi) is 9.79. The van der Waals surface area contributed by atoms with Crippen LogP contribution in [0.15, 0.2) is 29.3 Å². The van der Waals surface area contributed by atoms with E-state index in [1.165, 1.54) is 0 Å². The maximum atomic E-state index is 5.75. The van der Waals surface area contributed by atoms with Crippen molar-refractivity contribution < 1.29 is 18.9 Å². The van der Waals surface area contributed by atoms with E-state index in [9.17, 15) is 0 Å². The van der Waals surface area contributed by atoms with Gasteiger partial charge in [0, 0.05) is 39.7 Å². The lowest BCUT2D eigenvalue weighted by Gasteiger charge is -2.21. The van der Waals surface area contributed by atoms with E-state index in [2.05, 4.69) is 15.2 Å². The quantitative estimate of drug-likeness (QED) is 0.361. The molecule has 7 nitrogen and oxygen atoms in total. The Balaban J connectivity index is 1.60. The topological polar surface area (TPSA) is 64.6 Å². The highest BCUT2D eigenvalue weighted by molar-refractivity contribution is 5.80. The van der Waals surface area contributed by atoms with E-state index in [0.717, 1.165) is 56.5 Å². The van der Waals surface area contributed by atoms with Crippen LogP contribution in [-0.2, 0) is 9.47 Å². The minimum Gasteiger partial charge on any atom is -0.497 e. The number of likely N-dealkylation sites (tertiary alicyclic amines) is 1. The zero-order chi connectivity index (χ0) is 19.3. The summed E-state index contributed by atoms with van der Waals surface area (Å²) in [7, 11) is 5.18. The lowest BCUT2D eigenvalue weighted by molar-refractivity contribution is 0.0536. The molecule has 0 aromatic heterocycles. The van der Waals surface area contributed by atoms with Gasteiger partial charge in [0.25, 0.3) is 0 Å². The van der Waals surface area contributed by atoms with Gasteiger partial charge < -0.3 is 29.2 Å². The number of hydrogen-bond donors (Lipinski definition) is 1. The van der Waals surface area contributed by atoms with Crippen LogP contribution in [0.4, 0.5) is 0 Å². The van der Waals surface area contributed by atoms with Crippen LogP contribution in [0.2, 0.25) is 0 Å². The molecule has 1 aromatic rings. The number of aliphatic imine (C=N–C) groups is 1. The number of hydrogen-bond acceptors (Lipinski definition) is 5. The number of benzene rings is 1. The first-order valence-electron chi connectivity index (χ1n) is 9.56. The van der Waals surface area contributed by atoms with Gasteiger partial charge in [-0.1, -0.05) is 0 Å². The highest BCUT2D eigenvalue weighted by Crippen LogP contribution is 2.17. The van der Waals surface area contributed by atoms with Gasteiger partial charge in [0.1, 0.15) is 11.5 Å². The van der Waals surface area contributed by atoms with E-state index in [1.54, 1.807) is 14.2 Å². The van der Waals surface area contributed by atoms with Gasteiger partial charge in [-0.05, 0) is 37.1 Å². The fourth-order valence-electron chi connectivity index (χ4n) is 3.02. The van der Waals surface area contributed by atoms with Crippen LogP contribution in [0.25, 0.3) is 0 Å². The van der Waals surface area contributed by atoms with Crippen LogP contribution in [0.3, 0.4) is 0 Å². The number of methoxy groups -OCH3 is 2. The third kappa shape index (κ3) is 7.64. The van der Waals surface area contributed by atoms with Crippen molar-refractivity contribution in [2.24, 2.45) is 10.9 Å². The normalized spacial score (nSPS) is 17.2. The molecule has 0 radical (unpaired) electrons. The number of nitrogens with one attached hydrogen (secondary N) is 1. The third-order valence-electron chi connectivity index (χ3n) is 4.51. The molecule has 27 heavy (non-hydrogen) atoms. The molecule has 1 saturated heterocycles. The summed E-state index contributed by atoms with van der Waals surface area (Å²) >= 11 is 0. The molecule has 1 N–H and O–H groups in total. The van der Waals surface area contributed by atoms with Crippen molar-refractivity contribution >= 4 is 5.96 Å². The second-order valence-electron chi connectivity index (χ2n) is 6.52. The summed E-state index contributed by atoms with van der Waals surface area (Å²) in [4.78, 5) is 6.71. The molecule has 1 fully saturated rings. The molecule has 1 unspecified atom stereocenters.